The van der Waals surface area contributed by atoms with Crippen molar-refractivity contribution in [1.29, 1.82) is 0 Å². The molecule has 0 aromatic heterocycles. The average molecular weight is 410 g/mol. The Balaban J connectivity index is 1.75. The average Bonchev–Trinajstić information content (AvgIpc) is 2.90. The van der Waals surface area contributed by atoms with E-state index in [2.05, 4.69) is 10.6 Å². The molecule has 2 N–H and O–H groups in total. The van der Waals surface area contributed by atoms with Gasteiger partial charge in [0.05, 0.1) is 24.9 Å². The molecular weight excluding hydrogens is 386 g/mol. The number of carbonyl (C=O) groups is 3. The predicted molar refractivity (Wildman–Crippen MR) is 104 cm³/mol. The normalized spacial score (nSPS) is 24.3. The molecule has 28 heavy (non-hydrogen) atoms. The molecule has 0 bridgehead atoms. The number of urea groups is 1. The molecule has 1 spiro atoms. The van der Waals surface area contributed by atoms with Crippen LogP contribution in [0.4, 0.5) is 10.5 Å². The lowest BCUT2D eigenvalue weighted by Crippen LogP contribution is -2.54. The molecule has 1 saturated heterocycles. The molecule has 1 aliphatic heterocycles. The Kier molecular flexibility index (Phi) is 5.69. The van der Waals surface area contributed by atoms with Crippen LogP contribution in [0, 0.1) is 5.92 Å². The predicted octanol–water partition coefficient (Wildman–Crippen LogP) is 2.80. The van der Waals surface area contributed by atoms with Gasteiger partial charge in [-0.1, -0.05) is 31.4 Å². The van der Waals surface area contributed by atoms with Gasteiger partial charge in [-0.05, 0) is 18.8 Å². The van der Waals surface area contributed by atoms with Crippen LogP contribution in [0.25, 0.3) is 0 Å². The minimum atomic E-state index is -0.892. The molecule has 1 heterocycles. The van der Waals surface area contributed by atoms with E-state index in [0.717, 1.165) is 24.2 Å². The zero-order valence-electron chi connectivity index (χ0n) is 16.1. The molecule has 2 atom stereocenters. The highest BCUT2D eigenvalue weighted by molar-refractivity contribution is 6.32. The summed E-state index contributed by atoms with van der Waals surface area (Å²) in [6, 6.07) is 2.51. The molecule has 1 saturated carbocycles. The number of amides is 4. The first-order chi connectivity index (χ1) is 13.3. The first kappa shape index (κ1) is 20.3. The van der Waals surface area contributed by atoms with Crippen molar-refractivity contribution in [2.75, 3.05) is 26.1 Å². The third-order valence-corrected chi connectivity index (χ3v) is 5.85. The summed E-state index contributed by atoms with van der Waals surface area (Å²) in [7, 11) is 2.90. The summed E-state index contributed by atoms with van der Waals surface area (Å²) in [6.45, 7) is 1.58. The number of nitrogens with zero attached hydrogens (tertiary/aromatic N) is 1. The van der Waals surface area contributed by atoms with E-state index in [1.165, 1.54) is 26.4 Å². The number of hydrogen-bond donors (Lipinski definition) is 2. The Morgan fingerprint density at radius 3 is 2.64 bits per heavy atom. The van der Waals surface area contributed by atoms with Gasteiger partial charge in [0.1, 0.15) is 23.6 Å². The quantitative estimate of drug-likeness (QED) is 0.729. The van der Waals surface area contributed by atoms with Crippen LogP contribution in [0.1, 0.15) is 32.6 Å². The van der Waals surface area contributed by atoms with Gasteiger partial charge in [-0.25, -0.2) is 4.79 Å². The molecule has 1 aliphatic carbocycles. The van der Waals surface area contributed by atoms with Crippen molar-refractivity contribution in [1.82, 2.24) is 10.2 Å². The number of nitrogens with one attached hydrogen (secondary N) is 2. The Bertz CT molecular complexity index is 815. The van der Waals surface area contributed by atoms with E-state index < -0.39 is 17.5 Å². The maximum Gasteiger partial charge on any atom is 0.325 e. The van der Waals surface area contributed by atoms with Crippen LogP contribution >= 0.6 is 11.6 Å². The molecule has 4 amide bonds. The molecule has 3 rings (SSSR count). The van der Waals surface area contributed by atoms with Gasteiger partial charge >= 0.3 is 6.03 Å². The Morgan fingerprint density at radius 2 is 2.00 bits per heavy atom. The van der Waals surface area contributed by atoms with Gasteiger partial charge in [-0.3, -0.25) is 14.5 Å². The number of hydrogen-bond acceptors (Lipinski definition) is 5. The maximum absolute atomic E-state index is 13.0. The fourth-order valence-electron chi connectivity index (χ4n) is 3.93. The number of benzene rings is 1. The molecule has 0 radical (unpaired) electrons. The lowest BCUT2D eigenvalue weighted by molar-refractivity contribution is -0.136. The summed E-state index contributed by atoms with van der Waals surface area (Å²) in [6.07, 6.45) is 3.37. The zero-order valence-corrected chi connectivity index (χ0v) is 16.9. The molecule has 1 aromatic rings. The van der Waals surface area contributed by atoms with Crippen molar-refractivity contribution in [3.05, 3.63) is 17.2 Å². The summed E-state index contributed by atoms with van der Waals surface area (Å²) in [5.41, 5.74) is -0.557. The molecular formula is C19H24ClN3O5. The van der Waals surface area contributed by atoms with Crippen molar-refractivity contribution < 1.29 is 23.9 Å². The van der Waals surface area contributed by atoms with Gasteiger partial charge in [0.15, 0.2) is 0 Å². The number of halogens is 1. The maximum atomic E-state index is 13.0. The van der Waals surface area contributed by atoms with Gasteiger partial charge in [0.25, 0.3) is 5.91 Å². The molecule has 0 unspecified atom stereocenters. The van der Waals surface area contributed by atoms with Gasteiger partial charge in [-0.15, -0.1) is 0 Å². The number of carbonyl (C=O) groups excluding carboxylic acids is 3. The number of methoxy groups -OCH3 is 2. The third kappa shape index (κ3) is 3.48. The van der Waals surface area contributed by atoms with Gasteiger partial charge in [0, 0.05) is 12.1 Å². The van der Waals surface area contributed by atoms with Gasteiger partial charge < -0.3 is 20.1 Å². The van der Waals surface area contributed by atoms with E-state index in [-0.39, 0.29) is 18.4 Å². The van der Waals surface area contributed by atoms with Crippen LogP contribution < -0.4 is 20.1 Å². The topological polar surface area (TPSA) is 97.0 Å². The van der Waals surface area contributed by atoms with Crippen LogP contribution in [0.15, 0.2) is 12.1 Å². The Hall–Kier alpha value is -2.48. The molecule has 2 aliphatic rings. The van der Waals surface area contributed by atoms with E-state index >= 15 is 0 Å². The van der Waals surface area contributed by atoms with E-state index in [9.17, 15) is 14.4 Å². The molecule has 2 fully saturated rings. The molecule has 152 valence electrons. The minimum Gasteiger partial charge on any atom is -0.495 e. The summed E-state index contributed by atoms with van der Waals surface area (Å²) in [5.74, 6) is -0.116. The van der Waals surface area contributed by atoms with E-state index in [1.807, 2.05) is 6.92 Å². The molecule has 1 aromatic carbocycles. The second kappa shape index (κ2) is 7.87. The number of imide groups is 1. The lowest BCUT2D eigenvalue weighted by Gasteiger charge is -2.36. The summed E-state index contributed by atoms with van der Waals surface area (Å²) >= 11 is 6.07. The Morgan fingerprint density at radius 1 is 1.29 bits per heavy atom. The molecule has 9 heteroatoms. The van der Waals surface area contributed by atoms with Crippen molar-refractivity contribution >= 4 is 35.1 Å². The SMILES string of the molecule is COc1cc(NC(=O)CN2C(=O)N[C@]3(CCCC[C@@H]3C)C2=O)c(OC)cc1Cl. The summed E-state index contributed by atoms with van der Waals surface area (Å²) in [4.78, 5) is 38.9. The number of rotatable bonds is 5. The van der Waals surface area contributed by atoms with Crippen molar-refractivity contribution in [3.8, 4) is 11.5 Å². The highest BCUT2D eigenvalue weighted by atomic mass is 35.5. The zero-order chi connectivity index (χ0) is 20.5. The molecule has 8 nitrogen and oxygen atoms in total. The first-order valence-corrected chi connectivity index (χ1v) is 9.55. The van der Waals surface area contributed by atoms with E-state index in [4.69, 9.17) is 21.1 Å². The van der Waals surface area contributed by atoms with Gasteiger partial charge in [0.2, 0.25) is 5.91 Å². The van der Waals surface area contributed by atoms with E-state index in [0.29, 0.717) is 28.6 Å². The highest BCUT2D eigenvalue weighted by Crippen LogP contribution is 2.38. The van der Waals surface area contributed by atoms with Crippen molar-refractivity contribution in [2.24, 2.45) is 5.92 Å². The standard InChI is InChI=1S/C19H24ClN3O5/c1-11-6-4-5-7-19(11)17(25)23(18(26)22-19)10-16(24)21-13-9-14(27-2)12(20)8-15(13)28-3/h8-9,11H,4-7,10H2,1-3H3,(H,21,24)(H,22,26)/t11-,19-/m0/s1. The second-order valence-electron chi connectivity index (χ2n) is 7.17. The summed E-state index contributed by atoms with van der Waals surface area (Å²) < 4.78 is 10.4. The van der Waals surface area contributed by atoms with E-state index in [1.54, 1.807) is 0 Å². The monoisotopic (exact) mass is 409 g/mol. The number of anilines is 1. The lowest BCUT2D eigenvalue weighted by atomic mass is 9.73. The fraction of sp³-hybridized carbons (Fsp3) is 0.526. The van der Waals surface area contributed by atoms with Crippen LogP contribution in [-0.2, 0) is 9.59 Å². The van der Waals surface area contributed by atoms with Crippen molar-refractivity contribution in [3.63, 3.8) is 0 Å². The summed E-state index contributed by atoms with van der Waals surface area (Å²) in [5, 5.41) is 5.82. The highest BCUT2D eigenvalue weighted by Gasteiger charge is 2.55. The smallest absolute Gasteiger partial charge is 0.325 e. The third-order valence-electron chi connectivity index (χ3n) is 5.55. The second-order valence-corrected chi connectivity index (χ2v) is 7.58. The Labute approximate surface area is 168 Å². The van der Waals surface area contributed by atoms with Crippen molar-refractivity contribution in [2.45, 2.75) is 38.1 Å². The van der Waals surface area contributed by atoms with Crippen LogP contribution in [-0.4, -0.2) is 49.0 Å². The minimum absolute atomic E-state index is 0.0337. The van der Waals surface area contributed by atoms with Crippen LogP contribution in [0.5, 0.6) is 11.5 Å². The number of ether oxygens (including phenoxy) is 2. The largest absolute Gasteiger partial charge is 0.495 e. The van der Waals surface area contributed by atoms with Crippen LogP contribution in [0.3, 0.4) is 0 Å². The fourth-order valence-corrected chi connectivity index (χ4v) is 4.16. The van der Waals surface area contributed by atoms with Crippen LogP contribution in [0.2, 0.25) is 5.02 Å². The van der Waals surface area contributed by atoms with Gasteiger partial charge in [-0.2, -0.15) is 0 Å². The first-order valence-electron chi connectivity index (χ1n) is 9.18.